The standard InChI is InChI=1S/C23H35N3O5/c1-14(2)24-20(28)19(16-9-7-12-18(27)13-16)26(17-10-8-11-17)21(29)15(3)25-22(30)31-23(4,5)6/h7,9,12-15,17,19,27H,8,10-11H2,1-6H3,(H,24,28)(H,25,30). The minimum atomic E-state index is -0.921. The van der Waals surface area contributed by atoms with E-state index in [1.54, 1.807) is 44.7 Å². The van der Waals surface area contributed by atoms with Crippen molar-refractivity contribution >= 4 is 17.9 Å². The number of benzene rings is 1. The number of carbonyl (C=O) groups is 3. The highest BCUT2D eigenvalue weighted by atomic mass is 16.6. The van der Waals surface area contributed by atoms with Gasteiger partial charge in [-0.2, -0.15) is 0 Å². The van der Waals surface area contributed by atoms with E-state index in [-0.39, 0.29) is 29.6 Å². The topological polar surface area (TPSA) is 108 Å². The zero-order valence-corrected chi connectivity index (χ0v) is 19.3. The van der Waals surface area contributed by atoms with Gasteiger partial charge in [0, 0.05) is 12.1 Å². The second kappa shape index (κ2) is 10.0. The molecule has 1 saturated carbocycles. The monoisotopic (exact) mass is 433 g/mol. The molecule has 2 atom stereocenters. The summed E-state index contributed by atoms with van der Waals surface area (Å²) >= 11 is 0. The lowest BCUT2D eigenvalue weighted by atomic mass is 9.88. The van der Waals surface area contributed by atoms with Crippen molar-refractivity contribution in [3.05, 3.63) is 29.8 Å². The van der Waals surface area contributed by atoms with Crippen LogP contribution < -0.4 is 10.6 Å². The number of ether oxygens (including phenoxy) is 1. The molecule has 0 aliphatic heterocycles. The second-order valence-electron chi connectivity index (χ2n) is 9.36. The van der Waals surface area contributed by atoms with Crippen LogP contribution >= 0.6 is 0 Å². The Hall–Kier alpha value is -2.77. The van der Waals surface area contributed by atoms with E-state index in [1.807, 2.05) is 13.8 Å². The zero-order valence-electron chi connectivity index (χ0n) is 19.3. The largest absolute Gasteiger partial charge is 0.508 e. The van der Waals surface area contributed by atoms with Gasteiger partial charge in [-0.05, 0) is 78.5 Å². The molecule has 2 unspecified atom stereocenters. The van der Waals surface area contributed by atoms with Gasteiger partial charge in [0.15, 0.2) is 0 Å². The summed E-state index contributed by atoms with van der Waals surface area (Å²) in [5, 5.41) is 15.5. The Morgan fingerprint density at radius 2 is 1.77 bits per heavy atom. The number of alkyl carbamates (subject to hydrolysis) is 1. The molecule has 2 rings (SSSR count). The number of phenolic OH excluding ortho intramolecular Hbond substituents is 1. The lowest BCUT2D eigenvalue weighted by Crippen LogP contribution is -2.57. The summed E-state index contributed by atoms with van der Waals surface area (Å²) in [4.78, 5) is 40.4. The summed E-state index contributed by atoms with van der Waals surface area (Å²) in [5.41, 5.74) is -0.176. The minimum Gasteiger partial charge on any atom is -0.508 e. The van der Waals surface area contributed by atoms with E-state index < -0.39 is 23.8 Å². The zero-order chi connectivity index (χ0) is 23.3. The summed E-state index contributed by atoms with van der Waals surface area (Å²) in [5.74, 6) is -0.686. The maximum Gasteiger partial charge on any atom is 0.408 e. The molecular weight excluding hydrogens is 398 g/mol. The van der Waals surface area contributed by atoms with Gasteiger partial charge in [-0.25, -0.2) is 4.79 Å². The highest BCUT2D eigenvalue weighted by molar-refractivity contribution is 5.92. The normalized spacial score (nSPS) is 16.1. The van der Waals surface area contributed by atoms with Crippen molar-refractivity contribution in [1.29, 1.82) is 0 Å². The Balaban J connectivity index is 2.36. The van der Waals surface area contributed by atoms with E-state index in [4.69, 9.17) is 4.74 Å². The lowest BCUT2D eigenvalue weighted by molar-refractivity contribution is -0.147. The van der Waals surface area contributed by atoms with Gasteiger partial charge in [-0.15, -0.1) is 0 Å². The van der Waals surface area contributed by atoms with Crippen LogP contribution in [-0.4, -0.2) is 51.6 Å². The number of rotatable bonds is 7. The van der Waals surface area contributed by atoms with Gasteiger partial charge in [0.2, 0.25) is 11.8 Å². The van der Waals surface area contributed by atoms with Crippen molar-refractivity contribution in [2.45, 2.75) is 90.6 Å². The van der Waals surface area contributed by atoms with Gasteiger partial charge in [0.05, 0.1) is 0 Å². The van der Waals surface area contributed by atoms with Crippen molar-refractivity contribution in [3.63, 3.8) is 0 Å². The summed E-state index contributed by atoms with van der Waals surface area (Å²) in [6, 6.07) is 4.32. The van der Waals surface area contributed by atoms with Crippen molar-refractivity contribution < 1.29 is 24.2 Å². The Morgan fingerprint density at radius 3 is 2.26 bits per heavy atom. The fraction of sp³-hybridized carbons (Fsp3) is 0.609. The third-order valence-electron chi connectivity index (χ3n) is 4.97. The fourth-order valence-electron chi connectivity index (χ4n) is 3.45. The Kier molecular flexibility index (Phi) is 7.92. The first-order valence-electron chi connectivity index (χ1n) is 10.8. The third-order valence-corrected chi connectivity index (χ3v) is 4.97. The quantitative estimate of drug-likeness (QED) is 0.612. The number of aromatic hydroxyl groups is 1. The molecule has 0 heterocycles. The molecule has 0 spiro atoms. The van der Waals surface area contributed by atoms with E-state index in [2.05, 4.69) is 10.6 Å². The van der Waals surface area contributed by atoms with Crippen LogP contribution in [0.4, 0.5) is 4.79 Å². The molecule has 3 N–H and O–H groups in total. The molecule has 0 aromatic heterocycles. The van der Waals surface area contributed by atoms with Crippen molar-refractivity contribution in [1.82, 2.24) is 15.5 Å². The molecule has 0 saturated heterocycles. The van der Waals surface area contributed by atoms with Crippen molar-refractivity contribution in [3.8, 4) is 5.75 Å². The smallest absolute Gasteiger partial charge is 0.408 e. The molecule has 0 bridgehead atoms. The molecule has 1 aliphatic carbocycles. The van der Waals surface area contributed by atoms with Crippen LogP contribution in [0.3, 0.4) is 0 Å². The Labute approximate surface area is 184 Å². The SMILES string of the molecule is CC(C)NC(=O)C(c1cccc(O)c1)N(C(=O)C(C)NC(=O)OC(C)(C)C)C1CCC1. The van der Waals surface area contributed by atoms with E-state index >= 15 is 0 Å². The molecule has 0 radical (unpaired) electrons. The molecule has 1 aromatic carbocycles. The Bertz CT molecular complexity index is 799. The molecule has 1 fully saturated rings. The highest BCUT2D eigenvalue weighted by Gasteiger charge is 2.41. The predicted octanol–water partition coefficient (Wildman–Crippen LogP) is 3.25. The van der Waals surface area contributed by atoms with Crippen LogP contribution in [0.2, 0.25) is 0 Å². The van der Waals surface area contributed by atoms with E-state index in [9.17, 15) is 19.5 Å². The number of amides is 3. The first kappa shape index (κ1) is 24.5. The van der Waals surface area contributed by atoms with Crippen LogP contribution in [0, 0.1) is 0 Å². The van der Waals surface area contributed by atoms with Crippen LogP contribution in [0.25, 0.3) is 0 Å². The van der Waals surface area contributed by atoms with Crippen LogP contribution in [0.5, 0.6) is 5.75 Å². The van der Waals surface area contributed by atoms with Crippen molar-refractivity contribution in [2.75, 3.05) is 0 Å². The van der Waals surface area contributed by atoms with E-state index in [1.165, 1.54) is 12.1 Å². The predicted molar refractivity (Wildman–Crippen MR) is 117 cm³/mol. The number of hydrogen-bond acceptors (Lipinski definition) is 5. The average Bonchev–Trinajstić information content (AvgIpc) is 2.56. The molecular formula is C23H35N3O5. The maximum atomic E-state index is 13.5. The molecule has 1 aromatic rings. The van der Waals surface area contributed by atoms with Gasteiger partial charge in [-0.3, -0.25) is 9.59 Å². The number of nitrogens with zero attached hydrogens (tertiary/aromatic N) is 1. The first-order chi connectivity index (χ1) is 14.4. The molecule has 3 amide bonds. The lowest BCUT2D eigenvalue weighted by Gasteiger charge is -2.43. The molecule has 8 heteroatoms. The Morgan fingerprint density at radius 1 is 1.13 bits per heavy atom. The van der Waals surface area contributed by atoms with Gasteiger partial charge in [0.25, 0.3) is 0 Å². The highest BCUT2D eigenvalue weighted by Crippen LogP contribution is 2.34. The van der Waals surface area contributed by atoms with Gasteiger partial charge < -0.3 is 25.4 Å². The maximum absolute atomic E-state index is 13.5. The first-order valence-corrected chi connectivity index (χ1v) is 10.8. The van der Waals surface area contributed by atoms with Gasteiger partial charge in [-0.1, -0.05) is 12.1 Å². The average molecular weight is 434 g/mol. The van der Waals surface area contributed by atoms with E-state index in [0.717, 1.165) is 19.3 Å². The molecule has 1 aliphatic rings. The van der Waals surface area contributed by atoms with Crippen LogP contribution in [0.15, 0.2) is 24.3 Å². The van der Waals surface area contributed by atoms with Gasteiger partial charge >= 0.3 is 6.09 Å². The number of nitrogens with one attached hydrogen (secondary N) is 2. The summed E-state index contributed by atoms with van der Waals surface area (Å²) in [7, 11) is 0. The summed E-state index contributed by atoms with van der Waals surface area (Å²) < 4.78 is 5.27. The van der Waals surface area contributed by atoms with Crippen molar-refractivity contribution in [2.24, 2.45) is 0 Å². The van der Waals surface area contributed by atoms with Crippen LogP contribution in [-0.2, 0) is 14.3 Å². The number of phenols is 1. The van der Waals surface area contributed by atoms with E-state index in [0.29, 0.717) is 5.56 Å². The molecule has 172 valence electrons. The van der Waals surface area contributed by atoms with Gasteiger partial charge in [0.1, 0.15) is 23.4 Å². The summed E-state index contributed by atoms with van der Waals surface area (Å²) in [6.07, 6.45) is 1.81. The number of carbonyl (C=O) groups excluding carboxylic acids is 3. The third kappa shape index (κ3) is 6.87. The minimum absolute atomic E-state index is 0.0146. The molecule has 31 heavy (non-hydrogen) atoms. The summed E-state index contributed by atoms with van der Waals surface area (Å²) in [6.45, 7) is 10.5. The second-order valence-corrected chi connectivity index (χ2v) is 9.36. The number of hydrogen-bond donors (Lipinski definition) is 3. The fourth-order valence-corrected chi connectivity index (χ4v) is 3.45. The molecule has 8 nitrogen and oxygen atoms in total. The van der Waals surface area contributed by atoms with Crippen LogP contribution in [0.1, 0.15) is 72.4 Å².